The molecule has 5 nitrogen and oxygen atoms in total. The van der Waals surface area contributed by atoms with Gasteiger partial charge < -0.3 is 13.9 Å². The van der Waals surface area contributed by atoms with Crippen molar-refractivity contribution in [3.05, 3.63) is 216 Å². The molecule has 8 aromatic carbocycles. The Morgan fingerprint density at radius 2 is 1.03 bits per heavy atom. The number of hydrogen-bond acceptors (Lipinski definition) is 3. The molecule has 0 saturated carbocycles. The Balaban J connectivity index is 1.11. The van der Waals surface area contributed by atoms with Crippen molar-refractivity contribution in [3.8, 4) is 27.9 Å². The van der Waals surface area contributed by atoms with Crippen molar-refractivity contribution in [2.24, 2.45) is 4.99 Å². The van der Waals surface area contributed by atoms with Gasteiger partial charge >= 0.3 is 0 Å². The first kappa shape index (κ1) is 35.8. The molecule has 0 unspecified atom stereocenters. The van der Waals surface area contributed by atoms with E-state index in [1.165, 1.54) is 43.7 Å². The van der Waals surface area contributed by atoms with Gasteiger partial charge in [0.25, 0.3) is 0 Å². The third kappa shape index (κ3) is 5.52. The highest BCUT2D eigenvalue weighted by Crippen LogP contribution is 2.38. The van der Waals surface area contributed by atoms with Crippen LogP contribution in [-0.4, -0.2) is 22.0 Å². The third-order valence-electron chi connectivity index (χ3n) is 12.4. The molecule has 0 atom stereocenters. The molecule has 0 aliphatic carbocycles. The predicted molar refractivity (Wildman–Crippen MR) is 260 cm³/mol. The monoisotopic (exact) mass is 796 g/mol. The fourth-order valence-electron chi connectivity index (χ4n) is 9.55. The number of aliphatic imine (C=N–C) groups is 1. The zero-order chi connectivity index (χ0) is 41.3. The summed E-state index contributed by atoms with van der Waals surface area (Å²) in [5, 5.41) is 6.76. The smallest absolute Gasteiger partial charge is 0.149 e. The van der Waals surface area contributed by atoms with Crippen molar-refractivity contribution in [2.45, 2.75) is 6.92 Å². The van der Waals surface area contributed by atoms with Crippen molar-refractivity contribution < 1.29 is 4.42 Å². The van der Waals surface area contributed by atoms with E-state index < -0.39 is 0 Å². The van der Waals surface area contributed by atoms with Crippen LogP contribution in [0.2, 0.25) is 0 Å². The van der Waals surface area contributed by atoms with E-state index >= 15 is 0 Å². The number of rotatable bonds is 4. The Hall–Kier alpha value is -8.15. The molecule has 0 radical (unpaired) electrons. The van der Waals surface area contributed by atoms with Crippen LogP contribution in [0.25, 0.3) is 94.4 Å². The summed E-state index contributed by atoms with van der Waals surface area (Å²) in [5.41, 5.74) is 14.0. The fraction of sp³-hybridized carbons (Fsp3) is 0.0351. The number of benzene rings is 8. The maximum absolute atomic E-state index is 6.75. The normalized spacial score (nSPS) is 14.3. The summed E-state index contributed by atoms with van der Waals surface area (Å²) in [4.78, 5) is 7.93. The summed E-state index contributed by atoms with van der Waals surface area (Å²) in [7, 11) is 2.12. The van der Waals surface area contributed by atoms with E-state index in [0.29, 0.717) is 0 Å². The van der Waals surface area contributed by atoms with Crippen molar-refractivity contribution in [1.29, 1.82) is 0 Å². The second-order valence-corrected chi connectivity index (χ2v) is 16.0. The molecule has 4 heterocycles. The van der Waals surface area contributed by atoms with Crippen LogP contribution >= 0.6 is 0 Å². The molecule has 12 rings (SSSR count). The highest BCUT2D eigenvalue weighted by atomic mass is 16.3. The van der Waals surface area contributed by atoms with Crippen LogP contribution in [0.1, 0.15) is 12.5 Å². The highest BCUT2D eigenvalue weighted by Gasteiger charge is 2.27. The third-order valence-corrected chi connectivity index (χ3v) is 12.4. The summed E-state index contributed by atoms with van der Waals surface area (Å²) in [5.74, 6) is 1.69. The molecule has 0 saturated heterocycles. The molecule has 0 spiro atoms. The second kappa shape index (κ2) is 14.3. The van der Waals surface area contributed by atoms with E-state index in [1.54, 1.807) is 0 Å². The Bertz CT molecular complexity index is 3770. The lowest BCUT2D eigenvalue weighted by Crippen LogP contribution is -2.35. The molecule has 1 aliphatic rings. The summed E-state index contributed by atoms with van der Waals surface area (Å²) in [6.45, 7) is 2.03. The summed E-state index contributed by atoms with van der Waals surface area (Å²) >= 11 is 0. The van der Waals surface area contributed by atoms with Crippen LogP contribution in [0.15, 0.2) is 210 Å². The van der Waals surface area contributed by atoms with Gasteiger partial charge in [0, 0.05) is 45.2 Å². The van der Waals surface area contributed by atoms with Gasteiger partial charge in [-0.05, 0) is 108 Å². The molecule has 0 fully saturated rings. The lowest BCUT2D eigenvalue weighted by Gasteiger charge is -2.29. The number of fused-ring (bicyclic) bond motifs is 8. The minimum absolute atomic E-state index is 0.760. The van der Waals surface area contributed by atoms with E-state index in [2.05, 4.69) is 215 Å². The van der Waals surface area contributed by atoms with E-state index in [-0.39, 0.29) is 0 Å². The van der Waals surface area contributed by atoms with Gasteiger partial charge in [0.2, 0.25) is 0 Å². The summed E-state index contributed by atoms with van der Waals surface area (Å²) < 4.78 is 11.5. The average molecular weight is 797 g/mol. The first-order chi connectivity index (χ1) is 30.6. The van der Waals surface area contributed by atoms with Crippen molar-refractivity contribution in [2.75, 3.05) is 11.9 Å². The Morgan fingerprint density at radius 1 is 0.484 bits per heavy atom. The highest BCUT2D eigenvalue weighted by molar-refractivity contribution is 6.21. The van der Waals surface area contributed by atoms with Gasteiger partial charge in [0.1, 0.15) is 22.7 Å². The molecule has 294 valence electrons. The van der Waals surface area contributed by atoms with Gasteiger partial charge in [0.15, 0.2) is 0 Å². The topological polar surface area (TPSA) is 38.6 Å². The molecule has 11 aromatic rings. The number of furan rings is 1. The van der Waals surface area contributed by atoms with E-state index in [4.69, 9.17) is 9.41 Å². The Morgan fingerprint density at radius 3 is 1.74 bits per heavy atom. The van der Waals surface area contributed by atoms with Crippen LogP contribution in [0.5, 0.6) is 0 Å². The van der Waals surface area contributed by atoms with Crippen molar-refractivity contribution in [3.63, 3.8) is 0 Å². The largest absolute Gasteiger partial charge is 0.456 e. The van der Waals surface area contributed by atoms with Gasteiger partial charge in [-0.25, -0.2) is 4.99 Å². The summed E-state index contributed by atoms with van der Waals surface area (Å²) in [6, 6.07) is 67.4. The molecule has 1 aliphatic heterocycles. The zero-order valence-corrected chi connectivity index (χ0v) is 34.3. The number of hydrogen-bond donors (Lipinski definition) is 0. The van der Waals surface area contributed by atoms with E-state index in [9.17, 15) is 0 Å². The Labute approximate surface area is 358 Å². The van der Waals surface area contributed by atoms with Crippen molar-refractivity contribution in [1.82, 2.24) is 9.13 Å². The Kier molecular flexibility index (Phi) is 8.22. The average Bonchev–Trinajstić information content (AvgIpc) is 3.98. The predicted octanol–water partition coefficient (Wildman–Crippen LogP) is 12.8. The van der Waals surface area contributed by atoms with Gasteiger partial charge in [-0.2, -0.15) is 0 Å². The number of allylic oxidation sites excluding steroid dienone is 2. The number of para-hydroxylation sites is 4. The first-order valence-electron chi connectivity index (χ1n) is 21.1. The summed E-state index contributed by atoms with van der Waals surface area (Å²) in [6.07, 6.45) is 6.13. The molecule has 0 amide bonds. The molecular formula is C57H40N4O. The molecule has 62 heavy (non-hydrogen) atoms. The van der Waals surface area contributed by atoms with Crippen LogP contribution in [0, 0.1) is 0 Å². The van der Waals surface area contributed by atoms with Gasteiger partial charge in [-0.3, -0.25) is 4.57 Å². The number of nitrogens with zero attached hydrogens (tertiary/aromatic N) is 4. The van der Waals surface area contributed by atoms with Gasteiger partial charge in [-0.15, -0.1) is 0 Å². The lowest BCUT2D eigenvalue weighted by molar-refractivity contribution is 0.575. The molecule has 5 heteroatoms. The van der Waals surface area contributed by atoms with Crippen LogP contribution < -0.4 is 15.5 Å². The quantitative estimate of drug-likeness (QED) is 0.178. The standard InChI is InChI=1S/C57H40N4O/c1-3-4-27-54-55(47-36-40(30-33-53(47)62-54)39-29-31-51-45(35-39)42-21-11-15-25-49(42)60(51)41-19-9-6-10-20-41)57-58-56(44-23-13-14-24-48(44)59(57)2)61-50-26-16-12-22-43(50)46-34-38(28-32-52(46)61)37-17-7-5-8-18-37/h3-36H,1-2H3/b4-3-,54-27+,57-55-. The maximum Gasteiger partial charge on any atom is 0.149 e. The zero-order valence-electron chi connectivity index (χ0n) is 34.3. The second-order valence-electron chi connectivity index (χ2n) is 16.0. The van der Waals surface area contributed by atoms with E-state index in [0.717, 1.165) is 72.4 Å². The minimum Gasteiger partial charge on any atom is -0.456 e. The molecular weight excluding hydrogens is 757 g/mol. The number of aromatic nitrogens is 2. The lowest BCUT2D eigenvalue weighted by atomic mass is 10.0. The van der Waals surface area contributed by atoms with E-state index in [1.807, 2.05) is 19.1 Å². The molecule has 3 aromatic heterocycles. The van der Waals surface area contributed by atoms with Crippen LogP contribution in [0.4, 0.5) is 5.69 Å². The van der Waals surface area contributed by atoms with Gasteiger partial charge in [0.05, 0.1) is 33.0 Å². The van der Waals surface area contributed by atoms with Crippen LogP contribution in [0.3, 0.4) is 0 Å². The molecule has 0 N–H and O–H groups in total. The number of anilines is 1. The SMILES string of the molecule is C\C=C/C=c1/oc2ccc(-c3ccc4c(c3)c3ccccc3n4-c3ccccc3)cc2/c1=C1\N=C(n2c3ccccc3c3cc(-c4ccccc4)ccc32)c2ccccc2N1C. The first-order valence-corrected chi connectivity index (χ1v) is 21.1. The van der Waals surface area contributed by atoms with Gasteiger partial charge in [-0.1, -0.05) is 127 Å². The van der Waals surface area contributed by atoms with Crippen molar-refractivity contribution >= 4 is 78.0 Å². The molecule has 0 bridgehead atoms. The maximum atomic E-state index is 6.75. The van der Waals surface area contributed by atoms with Crippen LogP contribution in [-0.2, 0) is 0 Å². The minimum atomic E-state index is 0.760. The fourth-order valence-corrected chi connectivity index (χ4v) is 9.55.